The summed E-state index contributed by atoms with van der Waals surface area (Å²) in [5.41, 5.74) is 1.62. The van der Waals surface area contributed by atoms with Crippen molar-refractivity contribution in [1.29, 1.82) is 0 Å². The molecule has 0 radical (unpaired) electrons. The van der Waals surface area contributed by atoms with Gasteiger partial charge in [0.25, 0.3) is 0 Å². The van der Waals surface area contributed by atoms with E-state index in [-0.39, 0.29) is 0 Å². The zero-order valence-electron chi connectivity index (χ0n) is 8.39. The van der Waals surface area contributed by atoms with Crippen molar-refractivity contribution >= 4 is 11.3 Å². The van der Waals surface area contributed by atoms with E-state index in [4.69, 9.17) is 0 Å². The summed E-state index contributed by atoms with van der Waals surface area (Å²) >= 11 is 2.01. The first-order valence-electron chi connectivity index (χ1n) is 5.10. The van der Waals surface area contributed by atoms with Gasteiger partial charge in [-0.1, -0.05) is 0 Å². The Labute approximate surface area is 84.2 Å². The number of fused-ring (bicyclic) bond motifs is 1. The van der Waals surface area contributed by atoms with Gasteiger partial charge in [0.2, 0.25) is 0 Å². The Morgan fingerprint density at radius 2 is 2.15 bits per heavy atom. The molecule has 1 aliphatic carbocycles. The second-order valence-corrected chi connectivity index (χ2v) is 4.98. The maximum atomic E-state index is 3.30. The van der Waals surface area contributed by atoms with Gasteiger partial charge in [-0.25, -0.2) is 0 Å². The predicted octanol–water partition coefficient (Wildman–Crippen LogP) is 2.91. The van der Waals surface area contributed by atoms with E-state index in [1.54, 1.807) is 10.4 Å². The summed E-state index contributed by atoms with van der Waals surface area (Å²) in [6.07, 6.45) is 5.40. The van der Waals surface area contributed by atoms with Crippen molar-refractivity contribution in [2.45, 2.75) is 38.6 Å². The Kier molecular flexibility index (Phi) is 2.70. The molecule has 1 aliphatic rings. The zero-order valence-corrected chi connectivity index (χ0v) is 9.21. The van der Waals surface area contributed by atoms with Gasteiger partial charge in [0, 0.05) is 15.8 Å². The number of thiophene rings is 1. The third-order valence-corrected chi connectivity index (χ3v) is 4.30. The molecule has 1 unspecified atom stereocenters. The van der Waals surface area contributed by atoms with E-state index in [1.165, 1.54) is 30.6 Å². The Balaban J connectivity index is 2.25. The van der Waals surface area contributed by atoms with Crippen molar-refractivity contribution in [2.24, 2.45) is 0 Å². The molecule has 0 amide bonds. The van der Waals surface area contributed by atoms with Crippen LogP contribution in [0.25, 0.3) is 0 Å². The maximum Gasteiger partial charge on any atom is 0.0383 e. The van der Waals surface area contributed by atoms with Gasteiger partial charge in [0.05, 0.1) is 0 Å². The predicted molar refractivity (Wildman–Crippen MR) is 58.4 cm³/mol. The van der Waals surface area contributed by atoms with Gasteiger partial charge < -0.3 is 5.32 Å². The van der Waals surface area contributed by atoms with Crippen LogP contribution in [0.5, 0.6) is 0 Å². The van der Waals surface area contributed by atoms with Crippen molar-refractivity contribution in [1.82, 2.24) is 5.32 Å². The molecule has 1 nitrogen and oxygen atoms in total. The van der Waals surface area contributed by atoms with Crippen LogP contribution in [-0.4, -0.2) is 7.05 Å². The van der Waals surface area contributed by atoms with Crippen molar-refractivity contribution < 1.29 is 0 Å². The highest BCUT2D eigenvalue weighted by molar-refractivity contribution is 7.12. The summed E-state index contributed by atoms with van der Waals surface area (Å²) in [4.78, 5) is 3.15. The first kappa shape index (κ1) is 9.22. The van der Waals surface area contributed by atoms with E-state index in [0.29, 0.717) is 6.04 Å². The quantitative estimate of drug-likeness (QED) is 0.765. The molecule has 1 aromatic rings. The van der Waals surface area contributed by atoms with Gasteiger partial charge >= 0.3 is 0 Å². The van der Waals surface area contributed by atoms with Crippen molar-refractivity contribution in [2.75, 3.05) is 7.05 Å². The van der Waals surface area contributed by atoms with E-state index < -0.39 is 0 Å². The average Bonchev–Trinajstić information content (AvgIpc) is 2.59. The lowest BCUT2D eigenvalue weighted by atomic mass is 9.99. The molecule has 0 bridgehead atoms. The average molecular weight is 195 g/mol. The molecule has 1 N–H and O–H groups in total. The summed E-state index contributed by atoms with van der Waals surface area (Å²) in [5, 5.41) is 3.30. The fraction of sp³-hybridized carbons (Fsp3) is 0.636. The topological polar surface area (TPSA) is 12.0 Å². The van der Waals surface area contributed by atoms with Crippen molar-refractivity contribution in [3.8, 4) is 0 Å². The number of aryl methyl sites for hydroxylation is 2. The summed E-state index contributed by atoms with van der Waals surface area (Å²) in [5.74, 6) is 0. The molecular weight excluding hydrogens is 178 g/mol. The number of hydrogen-bond donors (Lipinski definition) is 1. The number of nitrogens with one attached hydrogen (secondary N) is 1. The summed E-state index contributed by atoms with van der Waals surface area (Å²) in [7, 11) is 2.03. The Morgan fingerprint density at radius 3 is 2.85 bits per heavy atom. The lowest BCUT2D eigenvalue weighted by Gasteiger charge is -2.08. The molecule has 1 aromatic heterocycles. The maximum absolute atomic E-state index is 3.30. The van der Waals surface area contributed by atoms with Crippen molar-refractivity contribution in [3.63, 3.8) is 0 Å². The largest absolute Gasteiger partial charge is 0.313 e. The number of hydrogen-bond acceptors (Lipinski definition) is 2. The zero-order chi connectivity index (χ0) is 9.26. The fourth-order valence-electron chi connectivity index (χ4n) is 1.87. The normalized spacial score (nSPS) is 18.3. The summed E-state index contributed by atoms with van der Waals surface area (Å²) in [6.45, 7) is 2.23. The minimum absolute atomic E-state index is 0.524. The second kappa shape index (κ2) is 3.81. The highest BCUT2D eigenvalue weighted by Gasteiger charge is 2.15. The van der Waals surface area contributed by atoms with E-state index in [9.17, 15) is 0 Å². The lowest BCUT2D eigenvalue weighted by molar-refractivity contribution is 0.662. The molecule has 1 heterocycles. The fourth-order valence-corrected chi connectivity index (χ4v) is 3.19. The van der Waals surface area contributed by atoms with Gasteiger partial charge in [0.15, 0.2) is 0 Å². The van der Waals surface area contributed by atoms with Crippen LogP contribution in [0, 0.1) is 0 Å². The van der Waals surface area contributed by atoms with Crippen LogP contribution >= 0.6 is 11.3 Å². The minimum atomic E-state index is 0.524. The van der Waals surface area contributed by atoms with Crippen LogP contribution in [-0.2, 0) is 12.8 Å². The Hall–Kier alpha value is -0.340. The molecule has 2 heteroatoms. The first-order chi connectivity index (χ1) is 6.31. The van der Waals surface area contributed by atoms with E-state index in [2.05, 4.69) is 18.3 Å². The number of rotatable bonds is 2. The molecular formula is C11H17NS. The molecule has 0 aliphatic heterocycles. The van der Waals surface area contributed by atoms with Crippen LogP contribution in [0.3, 0.4) is 0 Å². The summed E-state index contributed by atoms with van der Waals surface area (Å²) < 4.78 is 0. The van der Waals surface area contributed by atoms with Gasteiger partial charge in [-0.05, 0) is 51.3 Å². The Morgan fingerprint density at radius 1 is 1.38 bits per heavy atom. The third kappa shape index (κ3) is 1.79. The molecule has 2 rings (SSSR count). The third-order valence-electron chi connectivity index (χ3n) is 2.88. The highest BCUT2D eigenvalue weighted by Crippen LogP contribution is 2.32. The molecule has 72 valence electrons. The Bertz CT molecular complexity index is 267. The highest BCUT2D eigenvalue weighted by atomic mass is 32.1. The molecule has 1 atom stereocenters. The van der Waals surface area contributed by atoms with Crippen molar-refractivity contribution in [3.05, 3.63) is 21.4 Å². The standard InChI is InChI=1S/C11H17NS/c1-8(12-2)11-7-9-5-3-4-6-10(9)13-11/h7-8,12H,3-6H2,1-2H3. The van der Waals surface area contributed by atoms with Gasteiger partial charge in [-0.2, -0.15) is 0 Å². The van der Waals surface area contributed by atoms with Gasteiger partial charge in [-0.3, -0.25) is 0 Å². The van der Waals surface area contributed by atoms with E-state index in [0.717, 1.165) is 0 Å². The van der Waals surface area contributed by atoms with E-state index in [1.807, 2.05) is 18.4 Å². The van der Waals surface area contributed by atoms with Crippen LogP contribution in [0.15, 0.2) is 6.07 Å². The van der Waals surface area contributed by atoms with Gasteiger partial charge in [0.1, 0.15) is 0 Å². The first-order valence-corrected chi connectivity index (χ1v) is 5.91. The van der Waals surface area contributed by atoms with Gasteiger partial charge in [-0.15, -0.1) is 11.3 Å². The lowest BCUT2D eigenvalue weighted by Crippen LogP contribution is -2.10. The minimum Gasteiger partial charge on any atom is -0.313 e. The van der Waals surface area contributed by atoms with Crippen LogP contribution in [0.2, 0.25) is 0 Å². The van der Waals surface area contributed by atoms with Crippen LogP contribution < -0.4 is 5.32 Å². The molecule has 0 fully saturated rings. The smallest absolute Gasteiger partial charge is 0.0383 e. The molecule has 0 saturated heterocycles. The molecule has 0 aromatic carbocycles. The monoisotopic (exact) mass is 195 g/mol. The van der Waals surface area contributed by atoms with Crippen LogP contribution in [0.1, 0.15) is 41.1 Å². The van der Waals surface area contributed by atoms with Crippen LogP contribution in [0.4, 0.5) is 0 Å². The molecule has 0 saturated carbocycles. The SMILES string of the molecule is CNC(C)c1cc2c(s1)CCCC2. The van der Waals surface area contributed by atoms with E-state index >= 15 is 0 Å². The summed E-state index contributed by atoms with van der Waals surface area (Å²) in [6, 6.07) is 2.93. The second-order valence-electron chi connectivity index (χ2n) is 3.81. The molecule has 0 spiro atoms. The molecule has 13 heavy (non-hydrogen) atoms.